The molecule has 2 aromatic rings. The number of ether oxygens (including phenoxy) is 1. The molecule has 11 heteroatoms. The van der Waals surface area contributed by atoms with Crippen LogP contribution >= 0.6 is 11.6 Å². The summed E-state index contributed by atoms with van der Waals surface area (Å²) in [7, 11) is 0. The van der Waals surface area contributed by atoms with Gasteiger partial charge in [0, 0.05) is 12.1 Å². The number of halogens is 1. The van der Waals surface area contributed by atoms with Crippen LogP contribution in [0.1, 0.15) is 10.4 Å². The number of para-hydroxylation sites is 1. The third-order valence-electron chi connectivity index (χ3n) is 2.86. The highest BCUT2D eigenvalue weighted by atomic mass is 35.5. The Hall–Kier alpha value is -3.53. The molecule has 0 radical (unpaired) electrons. The minimum Gasteiger partial charge on any atom is -0.372 e. The molecular weight excluding hydrogens is 358 g/mol. The van der Waals surface area contributed by atoms with Crippen LogP contribution in [0.5, 0.6) is 0 Å². The lowest BCUT2D eigenvalue weighted by Crippen LogP contribution is -2.19. The second-order valence-electron chi connectivity index (χ2n) is 4.53. The predicted molar refractivity (Wildman–Crippen MR) is 85.6 cm³/mol. The summed E-state index contributed by atoms with van der Waals surface area (Å²) in [6, 6.07) is 8.34. The van der Waals surface area contributed by atoms with Crippen LogP contribution in [0.2, 0.25) is 5.02 Å². The first-order valence-electron chi connectivity index (χ1n) is 6.49. The van der Waals surface area contributed by atoms with E-state index in [-0.39, 0.29) is 10.7 Å². The molecule has 128 valence electrons. The number of anilines is 1. The summed E-state index contributed by atoms with van der Waals surface area (Å²) in [6.45, 7) is 0. The molecule has 10 nitrogen and oxygen atoms in total. The zero-order chi connectivity index (χ0) is 18.6. The molecule has 0 aromatic heterocycles. The van der Waals surface area contributed by atoms with Gasteiger partial charge in [0.2, 0.25) is 0 Å². The van der Waals surface area contributed by atoms with Gasteiger partial charge in [-0.15, -0.1) is 0 Å². The number of carbonyl (C=O) groups excluding carboxylic acids is 2. The van der Waals surface area contributed by atoms with Crippen LogP contribution < -0.4 is 5.32 Å². The number of esters is 1. The van der Waals surface area contributed by atoms with Crippen molar-refractivity contribution in [2.24, 2.45) is 0 Å². The molecule has 0 spiro atoms. The molecule has 0 aliphatic heterocycles. The molecule has 0 saturated heterocycles. The molecule has 0 saturated carbocycles. The van der Waals surface area contributed by atoms with E-state index in [0.29, 0.717) is 6.07 Å². The SMILES string of the molecule is O=C(Nc1ccccc1Cl)OC(=O)c1cc([N+](=O)[O-])cc([N+](=O)[O-])c1. The van der Waals surface area contributed by atoms with Crippen molar-refractivity contribution in [3.05, 3.63) is 73.3 Å². The Balaban J connectivity index is 2.20. The van der Waals surface area contributed by atoms with Crippen LogP contribution in [0.3, 0.4) is 0 Å². The maximum Gasteiger partial charge on any atom is 0.419 e. The average Bonchev–Trinajstić information content (AvgIpc) is 2.56. The lowest BCUT2D eigenvalue weighted by Gasteiger charge is -2.07. The van der Waals surface area contributed by atoms with Crippen LogP contribution in [0.25, 0.3) is 0 Å². The topological polar surface area (TPSA) is 142 Å². The van der Waals surface area contributed by atoms with Crippen LogP contribution in [0.15, 0.2) is 42.5 Å². The van der Waals surface area contributed by atoms with Crippen molar-refractivity contribution in [3.8, 4) is 0 Å². The molecule has 0 bridgehead atoms. The van der Waals surface area contributed by atoms with Crippen molar-refractivity contribution in [1.29, 1.82) is 0 Å². The van der Waals surface area contributed by atoms with Crippen LogP contribution in [-0.4, -0.2) is 21.9 Å². The van der Waals surface area contributed by atoms with Gasteiger partial charge in [-0.3, -0.25) is 25.5 Å². The van der Waals surface area contributed by atoms with Crippen molar-refractivity contribution in [2.45, 2.75) is 0 Å². The molecule has 0 unspecified atom stereocenters. The third-order valence-corrected chi connectivity index (χ3v) is 3.19. The highest BCUT2D eigenvalue weighted by Crippen LogP contribution is 2.24. The first-order valence-corrected chi connectivity index (χ1v) is 6.87. The molecule has 0 aliphatic rings. The Morgan fingerprint density at radius 3 is 2.08 bits per heavy atom. The van der Waals surface area contributed by atoms with E-state index >= 15 is 0 Å². The highest BCUT2D eigenvalue weighted by molar-refractivity contribution is 6.33. The van der Waals surface area contributed by atoms with Gasteiger partial charge in [0.15, 0.2) is 0 Å². The second kappa shape index (κ2) is 7.36. The Bertz CT molecular complexity index is 852. The number of benzene rings is 2. The number of carbonyl (C=O) groups is 2. The number of non-ortho nitro benzene ring substituents is 2. The molecule has 1 amide bonds. The maximum atomic E-state index is 11.9. The first-order chi connectivity index (χ1) is 11.8. The van der Waals surface area contributed by atoms with Gasteiger partial charge in [0.1, 0.15) is 0 Å². The first kappa shape index (κ1) is 17.8. The summed E-state index contributed by atoms with van der Waals surface area (Å²) < 4.78 is 4.47. The van der Waals surface area contributed by atoms with Crippen molar-refractivity contribution < 1.29 is 24.2 Å². The fourth-order valence-electron chi connectivity index (χ4n) is 1.77. The van der Waals surface area contributed by atoms with Crippen LogP contribution in [0.4, 0.5) is 21.9 Å². The molecule has 2 rings (SSSR count). The second-order valence-corrected chi connectivity index (χ2v) is 4.94. The van der Waals surface area contributed by atoms with E-state index in [2.05, 4.69) is 10.1 Å². The maximum absolute atomic E-state index is 11.9. The van der Waals surface area contributed by atoms with Gasteiger partial charge in [0.05, 0.1) is 32.2 Å². The molecule has 0 aliphatic carbocycles. The number of nitro groups is 2. The molecule has 0 fully saturated rings. The lowest BCUT2D eigenvalue weighted by atomic mass is 10.2. The van der Waals surface area contributed by atoms with Crippen molar-refractivity contribution >= 4 is 40.7 Å². The zero-order valence-corrected chi connectivity index (χ0v) is 12.9. The third kappa shape index (κ3) is 4.48. The number of nitrogens with one attached hydrogen (secondary N) is 1. The summed E-state index contributed by atoms with van der Waals surface area (Å²) in [6.07, 6.45) is -1.20. The number of hydrogen-bond donors (Lipinski definition) is 1. The van der Waals surface area contributed by atoms with E-state index < -0.39 is 38.8 Å². The monoisotopic (exact) mass is 365 g/mol. The summed E-state index contributed by atoms with van der Waals surface area (Å²) in [4.78, 5) is 43.4. The minimum absolute atomic E-state index is 0.173. The number of amides is 1. The van der Waals surface area contributed by atoms with Crippen molar-refractivity contribution in [3.63, 3.8) is 0 Å². The van der Waals surface area contributed by atoms with E-state index in [9.17, 15) is 29.8 Å². The summed E-state index contributed by atoms with van der Waals surface area (Å²) in [5, 5.41) is 24.0. The Kier molecular flexibility index (Phi) is 5.25. The van der Waals surface area contributed by atoms with Crippen molar-refractivity contribution in [1.82, 2.24) is 0 Å². The van der Waals surface area contributed by atoms with Crippen LogP contribution in [0, 0.1) is 20.2 Å². The average molecular weight is 366 g/mol. The molecule has 0 atom stereocenters. The Morgan fingerprint density at radius 2 is 1.56 bits per heavy atom. The molecule has 25 heavy (non-hydrogen) atoms. The smallest absolute Gasteiger partial charge is 0.372 e. The van der Waals surface area contributed by atoms with Gasteiger partial charge in [-0.25, -0.2) is 9.59 Å². The molecular formula is C14H8ClN3O7. The summed E-state index contributed by atoms with van der Waals surface area (Å²) in [5.74, 6) is -1.30. The predicted octanol–water partition coefficient (Wildman–Crippen LogP) is 3.55. The number of rotatable bonds is 4. The van der Waals surface area contributed by atoms with Gasteiger partial charge < -0.3 is 4.74 Å². The number of nitro benzene ring substituents is 2. The van der Waals surface area contributed by atoms with E-state index in [1.807, 2.05) is 0 Å². The van der Waals surface area contributed by atoms with E-state index in [1.54, 1.807) is 12.1 Å². The fourth-order valence-corrected chi connectivity index (χ4v) is 1.95. The van der Waals surface area contributed by atoms with E-state index in [4.69, 9.17) is 11.6 Å². The quantitative estimate of drug-likeness (QED) is 0.377. The molecule has 2 aromatic carbocycles. The highest BCUT2D eigenvalue weighted by Gasteiger charge is 2.22. The van der Waals surface area contributed by atoms with E-state index in [1.165, 1.54) is 12.1 Å². The normalized spacial score (nSPS) is 9.96. The number of nitrogens with zero attached hydrogens (tertiary/aromatic N) is 2. The van der Waals surface area contributed by atoms with Gasteiger partial charge in [-0.2, -0.15) is 0 Å². The Labute approximate surface area is 144 Å². The fraction of sp³-hybridized carbons (Fsp3) is 0. The zero-order valence-electron chi connectivity index (χ0n) is 12.2. The van der Waals surface area contributed by atoms with Gasteiger partial charge in [0.25, 0.3) is 11.4 Å². The minimum atomic E-state index is -1.30. The summed E-state index contributed by atoms with van der Waals surface area (Å²) in [5.41, 5.74) is -1.72. The van der Waals surface area contributed by atoms with Gasteiger partial charge in [-0.1, -0.05) is 23.7 Å². The standard InChI is InChI=1S/C14H8ClN3O7/c15-11-3-1-2-4-12(11)16-14(20)25-13(19)8-5-9(17(21)22)7-10(6-8)18(23)24/h1-7H,(H,16,20). The summed E-state index contributed by atoms with van der Waals surface area (Å²) >= 11 is 5.83. The number of hydrogen-bond acceptors (Lipinski definition) is 7. The molecule has 0 heterocycles. The molecule has 1 N–H and O–H groups in total. The van der Waals surface area contributed by atoms with Crippen molar-refractivity contribution in [2.75, 3.05) is 5.32 Å². The lowest BCUT2D eigenvalue weighted by molar-refractivity contribution is -0.394. The largest absolute Gasteiger partial charge is 0.419 e. The van der Waals surface area contributed by atoms with Crippen LogP contribution in [-0.2, 0) is 4.74 Å². The Morgan fingerprint density at radius 1 is 1.00 bits per heavy atom. The van der Waals surface area contributed by atoms with E-state index in [0.717, 1.165) is 12.1 Å². The van der Waals surface area contributed by atoms with Gasteiger partial charge >= 0.3 is 12.1 Å². The van der Waals surface area contributed by atoms with Gasteiger partial charge in [-0.05, 0) is 12.1 Å².